The molecule has 1 nitrogen and oxygen atoms in total. The summed E-state index contributed by atoms with van der Waals surface area (Å²) in [5.41, 5.74) is 20.9. The van der Waals surface area contributed by atoms with E-state index >= 15 is 0 Å². The highest BCUT2D eigenvalue weighted by atomic mass is 32.1. The fourth-order valence-corrected chi connectivity index (χ4v) is 12.5. The molecule has 1 aliphatic carbocycles. The summed E-state index contributed by atoms with van der Waals surface area (Å²) in [6, 6.07) is 87.9. The second-order valence-electron chi connectivity index (χ2n) is 17.7. The molecule has 1 aliphatic rings. The summed E-state index contributed by atoms with van der Waals surface area (Å²) in [6.07, 6.45) is 2.00. The maximum absolute atomic E-state index is 2.46. The highest BCUT2D eigenvalue weighted by Crippen LogP contribution is 2.57. The van der Waals surface area contributed by atoms with Crippen molar-refractivity contribution in [3.63, 3.8) is 0 Å². The summed E-state index contributed by atoms with van der Waals surface area (Å²) >= 11 is 1.95. The lowest BCUT2D eigenvalue weighted by Crippen LogP contribution is -2.28. The molecule has 0 fully saturated rings. The van der Waals surface area contributed by atoms with Crippen LogP contribution in [-0.2, 0) is 18.3 Å². The predicted octanol–water partition coefficient (Wildman–Crippen LogP) is 18.0. The third-order valence-corrected chi connectivity index (χ3v) is 15.4. The van der Waals surface area contributed by atoms with Crippen molar-refractivity contribution < 1.29 is 0 Å². The van der Waals surface area contributed by atoms with Crippen molar-refractivity contribution in [2.75, 3.05) is 4.90 Å². The van der Waals surface area contributed by atoms with Gasteiger partial charge in [-0.1, -0.05) is 214 Å². The van der Waals surface area contributed by atoms with E-state index in [4.69, 9.17) is 0 Å². The topological polar surface area (TPSA) is 3.24 Å². The first-order chi connectivity index (χ1) is 33.1. The average Bonchev–Trinajstić information content (AvgIpc) is 3.93. The first-order valence-corrected chi connectivity index (χ1v) is 24.4. The van der Waals surface area contributed by atoms with Crippen LogP contribution in [-0.4, -0.2) is 0 Å². The minimum absolute atomic E-state index is 0.504. The maximum Gasteiger partial charge on any atom is 0.0714 e. The highest BCUT2D eigenvalue weighted by Gasteiger charge is 2.46. The van der Waals surface area contributed by atoms with Crippen LogP contribution in [0.25, 0.3) is 64.7 Å². The Kier molecular flexibility index (Phi) is 10.3. The van der Waals surface area contributed by atoms with Gasteiger partial charge < -0.3 is 4.90 Å². The molecule has 0 radical (unpaired) electrons. The summed E-state index contributed by atoms with van der Waals surface area (Å²) in [7, 11) is 0. The van der Waals surface area contributed by atoms with E-state index in [9.17, 15) is 0 Å². The summed E-state index contributed by atoms with van der Waals surface area (Å²) < 4.78 is 2.71. The van der Waals surface area contributed by atoms with Crippen LogP contribution in [0.3, 0.4) is 0 Å². The van der Waals surface area contributed by atoms with Gasteiger partial charge in [0.05, 0.1) is 5.41 Å². The number of anilines is 3. The molecule has 0 saturated heterocycles. The number of nitrogens with zero attached hydrogens (tertiary/aromatic N) is 1. The van der Waals surface area contributed by atoms with E-state index < -0.39 is 5.41 Å². The van der Waals surface area contributed by atoms with Crippen LogP contribution in [0.1, 0.15) is 47.2 Å². The van der Waals surface area contributed by atoms with Crippen LogP contribution in [0.5, 0.6) is 0 Å². The number of fused-ring (bicyclic) bond motifs is 6. The molecule has 0 spiro atoms. The Hall–Kier alpha value is -7.78. The smallest absolute Gasteiger partial charge is 0.0714 e. The summed E-state index contributed by atoms with van der Waals surface area (Å²) in [4.78, 5) is 2.44. The first-order valence-electron chi connectivity index (χ1n) is 23.6. The third kappa shape index (κ3) is 6.66. The Bertz CT molecular complexity index is 3530. The molecule has 11 aromatic rings. The van der Waals surface area contributed by atoms with Crippen molar-refractivity contribution >= 4 is 48.6 Å². The van der Waals surface area contributed by atoms with E-state index in [1.54, 1.807) is 0 Å². The van der Waals surface area contributed by atoms with Gasteiger partial charge in [0.15, 0.2) is 0 Å². The molecule has 320 valence electrons. The lowest BCUT2D eigenvalue weighted by molar-refractivity contribution is 0.768. The largest absolute Gasteiger partial charge is 0.310 e. The van der Waals surface area contributed by atoms with Gasteiger partial charge >= 0.3 is 0 Å². The molecule has 10 aromatic carbocycles. The molecule has 0 N–H and O–H groups in total. The molecule has 0 amide bonds. The van der Waals surface area contributed by atoms with E-state index in [-0.39, 0.29) is 0 Å². The molecule has 0 atom stereocenters. The van der Waals surface area contributed by atoms with Crippen LogP contribution < -0.4 is 4.90 Å². The number of aryl methyl sites for hydroxylation is 2. The monoisotopic (exact) mass is 875 g/mol. The highest BCUT2D eigenvalue weighted by molar-refractivity contribution is 7.26. The summed E-state index contributed by atoms with van der Waals surface area (Å²) in [6.45, 7) is 4.55. The Morgan fingerprint density at radius 2 is 0.881 bits per heavy atom. The van der Waals surface area contributed by atoms with Crippen LogP contribution >= 0.6 is 11.3 Å². The Morgan fingerprint density at radius 3 is 1.55 bits per heavy atom. The third-order valence-electron chi connectivity index (χ3n) is 14.2. The number of benzene rings is 10. The van der Waals surface area contributed by atoms with Gasteiger partial charge in [0.25, 0.3) is 0 Å². The zero-order valence-electron chi connectivity index (χ0n) is 37.8. The molecule has 0 unspecified atom stereocenters. The van der Waals surface area contributed by atoms with Gasteiger partial charge in [0, 0.05) is 42.8 Å². The SMILES string of the molecule is CCc1ccccc1-c1c(CC)ccc2c1sc1c(-c3ccc(N(c4ccc(-c5ccccc5)cc4)c4ccc5c(c4)C(c4ccccc4)(c4ccccc4)c4ccccc4-5)cc3)cccc12. The molecule has 1 aromatic heterocycles. The second-order valence-corrected chi connectivity index (χ2v) is 18.7. The lowest BCUT2D eigenvalue weighted by atomic mass is 9.67. The van der Waals surface area contributed by atoms with Crippen molar-refractivity contribution in [2.24, 2.45) is 0 Å². The molecular formula is C65H49NS. The van der Waals surface area contributed by atoms with Gasteiger partial charge in [-0.15, -0.1) is 11.3 Å². The van der Waals surface area contributed by atoms with E-state index in [1.807, 2.05) is 11.3 Å². The minimum Gasteiger partial charge on any atom is -0.310 e. The quantitative estimate of drug-likeness (QED) is 0.132. The molecule has 12 rings (SSSR count). The van der Waals surface area contributed by atoms with Gasteiger partial charge in [-0.3, -0.25) is 0 Å². The summed E-state index contributed by atoms with van der Waals surface area (Å²) in [5, 5.41) is 2.65. The van der Waals surface area contributed by atoms with Crippen molar-refractivity contribution in [3.05, 3.63) is 270 Å². The number of hydrogen-bond donors (Lipinski definition) is 0. The Morgan fingerprint density at radius 1 is 0.358 bits per heavy atom. The Labute approximate surface area is 397 Å². The van der Waals surface area contributed by atoms with Crippen LogP contribution in [0.4, 0.5) is 17.1 Å². The Balaban J connectivity index is 1.02. The fourth-order valence-electron chi connectivity index (χ4n) is 11.0. The zero-order valence-corrected chi connectivity index (χ0v) is 38.6. The van der Waals surface area contributed by atoms with E-state index in [0.717, 1.165) is 29.9 Å². The van der Waals surface area contributed by atoms with Crippen LogP contribution in [0.15, 0.2) is 237 Å². The zero-order chi connectivity index (χ0) is 44.9. The van der Waals surface area contributed by atoms with Gasteiger partial charge in [-0.05, 0) is 122 Å². The molecule has 0 bridgehead atoms. The number of rotatable bonds is 10. The van der Waals surface area contributed by atoms with Crippen molar-refractivity contribution in [3.8, 4) is 44.5 Å². The van der Waals surface area contributed by atoms with E-state index in [0.29, 0.717) is 0 Å². The van der Waals surface area contributed by atoms with Crippen molar-refractivity contribution in [1.29, 1.82) is 0 Å². The van der Waals surface area contributed by atoms with Gasteiger partial charge in [-0.2, -0.15) is 0 Å². The molecular weight excluding hydrogens is 827 g/mol. The summed E-state index contributed by atoms with van der Waals surface area (Å²) in [5.74, 6) is 0. The van der Waals surface area contributed by atoms with E-state index in [1.165, 1.54) is 98.1 Å². The number of thiophene rings is 1. The van der Waals surface area contributed by atoms with Crippen molar-refractivity contribution in [2.45, 2.75) is 32.1 Å². The molecule has 0 aliphatic heterocycles. The average molecular weight is 876 g/mol. The predicted molar refractivity (Wildman–Crippen MR) is 286 cm³/mol. The maximum atomic E-state index is 2.46. The second kappa shape index (κ2) is 16.9. The van der Waals surface area contributed by atoms with Crippen molar-refractivity contribution in [1.82, 2.24) is 0 Å². The molecule has 1 heterocycles. The number of hydrogen-bond acceptors (Lipinski definition) is 2. The van der Waals surface area contributed by atoms with Crippen LogP contribution in [0.2, 0.25) is 0 Å². The molecule has 67 heavy (non-hydrogen) atoms. The van der Waals surface area contributed by atoms with Gasteiger partial charge in [0.1, 0.15) is 0 Å². The lowest BCUT2D eigenvalue weighted by Gasteiger charge is -2.35. The van der Waals surface area contributed by atoms with Gasteiger partial charge in [-0.25, -0.2) is 0 Å². The fraction of sp³-hybridized carbons (Fsp3) is 0.0769. The standard InChI is InChI=1S/C65H49NS/c1-3-44-19-14-15-26-54(44)62-45(4-2)35-41-59-58-29-18-28-55(63(58)67-64(59)62)48-33-38-52(39-34-48)66(51-36-31-47(32-37-51)46-20-8-5-9-21-46)53-40-42-57-56-27-16-17-30-60(56)65(61(57)43-53,49-22-10-6-11-23-49)50-24-12-7-13-25-50/h5-43H,3-4H2,1-2H3. The normalized spacial score (nSPS) is 12.6. The van der Waals surface area contributed by atoms with Crippen LogP contribution in [0, 0.1) is 0 Å². The first kappa shape index (κ1) is 40.7. The molecule has 0 saturated carbocycles. The van der Waals surface area contributed by atoms with Gasteiger partial charge in [0.2, 0.25) is 0 Å². The van der Waals surface area contributed by atoms with E-state index in [2.05, 4.69) is 255 Å². The molecule has 2 heteroatoms. The minimum atomic E-state index is -0.504.